The van der Waals surface area contributed by atoms with Crippen molar-refractivity contribution < 1.29 is 13.9 Å². The molecule has 1 atom stereocenters. The molecule has 292 valence electrons. The van der Waals surface area contributed by atoms with Crippen molar-refractivity contribution in [1.82, 2.24) is 19.9 Å². The lowest BCUT2D eigenvalue weighted by atomic mass is 9.88. The quantitative estimate of drug-likeness (QED) is 0.129. The zero-order chi connectivity index (χ0) is 37.6. The van der Waals surface area contributed by atoms with Gasteiger partial charge in [-0.15, -0.1) is 0 Å². The SMILES string of the molecule is COc1ccc(Nc2cc(N3CCC(C4CCCN4c4nc(Nc5ccc(OC)c(F)c5)cc(N5CCCCC5)n4)CC3)nc(NC3CCCCC3)n2)cc1. The first-order chi connectivity index (χ1) is 27.0. The van der Waals surface area contributed by atoms with Crippen molar-refractivity contribution in [2.24, 2.45) is 5.92 Å². The number of hydrogen-bond donors (Lipinski definition) is 3. The highest BCUT2D eigenvalue weighted by atomic mass is 19.1. The van der Waals surface area contributed by atoms with Gasteiger partial charge in [-0.3, -0.25) is 0 Å². The summed E-state index contributed by atoms with van der Waals surface area (Å²) >= 11 is 0. The number of piperidine rings is 2. The van der Waals surface area contributed by atoms with Crippen LogP contribution in [0.4, 0.5) is 50.9 Å². The predicted molar refractivity (Wildman–Crippen MR) is 218 cm³/mol. The van der Waals surface area contributed by atoms with Crippen LogP contribution >= 0.6 is 0 Å². The van der Waals surface area contributed by atoms with E-state index in [4.69, 9.17) is 29.4 Å². The van der Waals surface area contributed by atoms with E-state index in [1.807, 2.05) is 36.4 Å². The van der Waals surface area contributed by atoms with Crippen LogP contribution in [0.15, 0.2) is 54.6 Å². The lowest BCUT2D eigenvalue weighted by Gasteiger charge is -2.39. The summed E-state index contributed by atoms with van der Waals surface area (Å²) in [5.41, 5.74) is 1.58. The Balaban J connectivity index is 0.993. The van der Waals surface area contributed by atoms with Gasteiger partial charge in [-0.2, -0.15) is 19.9 Å². The first kappa shape index (κ1) is 36.9. The Morgan fingerprint density at radius 2 is 1.29 bits per heavy atom. The lowest BCUT2D eigenvalue weighted by Crippen LogP contribution is -2.44. The Morgan fingerprint density at radius 1 is 0.618 bits per heavy atom. The van der Waals surface area contributed by atoms with Gasteiger partial charge in [0, 0.05) is 74.4 Å². The average molecular weight is 751 g/mol. The molecule has 8 rings (SSSR count). The Bertz CT molecular complexity index is 1880. The zero-order valence-electron chi connectivity index (χ0n) is 32.3. The molecule has 4 aliphatic rings. The van der Waals surface area contributed by atoms with E-state index >= 15 is 0 Å². The molecule has 0 bridgehead atoms. The molecule has 12 nitrogen and oxygen atoms in total. The molecule has 0 amide bonds. The van der Waals surface area contributed by atoms with Crippen LogP contribution < -0.4 is 40.1 Å². The van der Waals surface area contributed by atoms with Crippen molar-refractivity contribution >= 4 is 46.5 Å². The number of nitrogens with one attached hydrogen (secondary N) is 3. The van der Waals surface area contributed by atoms with Gasteiger partial charge in [-0.05, 0) is 100 Å². The van der Waals surface area contributed by atoms with Gasteiger partial charge >= 0.3 is 0 Å². The molecule has 0 radical (unpaired) electrons. The average Bonchev–Trinajstić information content (AvgIpc) is 3.72. The normalized spacial score (nSPS) is 19.7. The number of anilines is 8. The molecule has 2 aromatic heterocycles. The summed E-state index contributed by atoms with van der Waals surface area (Å²) < 4.78 is 25.2. The summed E-state index contributed by atoms with van der Waals surface area (Å²) in [6.07, 6.45) is 14.0. The summed E-state index contributed by atoms with van der Waals surface area (Å²) in [6, 6.07) is 17.7. The molecule has 1 saturated carbocycles. The minimum Gasteiger partial charge on any atom is -0.497 e. The monoisotopic (exact) mass is 750 g/mol. The molecule has 3 aliphatic heterocycles. The summed E-state index contributed by atoms with van der Waals surface area (Å²) in [5, 5.41) is 10.6. The van der Waals surface area contributed by atoms with E-state index in [1.54, 1.807) is 13.2 Å². The van der Waals surface area contributed by atoms with Crippen LogP contribution in [0.2, 0.25) is 0 Å². The van der Waals surface area contributed by atoms with E-state index in [0.717, 1.165) is 119 Å². The van der Waals surface area contributed by atoms with Gasteiger partial charge in [0.15, 0.2) is 11.6 Å². The van der Waals surface area contributed by atoms with E-state index < -0.39 is 5.82 Å². The van der Waals surface area contributed by atoms with Gasteiger partial charge in [0.2, 0.25) is 11.9 Å². The molecule has 3 N–H and O–H groups in total. The molecule has 4 aromatic rings. The first-order valence-electron chi connectivity index (χ1n) is 20.3. The topological polar surface area (TPSA) is 116 Å². The molecule has 55 heavy (non-hydrogen) atoms. The molecule has 4 fully saturated rings. The van der Waals surface area contributed by atoms with Crippen LogP contribution in [0.3, 0.4) is 0 Å². The standard InChI is InChI=1S/C42H55FN10O2/c1-54-33-16-13-31(14-17-33)44-37-27-39(49-41(47-37)46-30-10-5-3-6-11-30)52-24-19-29(20-25-52)35-12-9-23-53(35)42-48-38(28-40(50-42)51-21-7-4-8-22-51)45-32-15-18-36(55-2)34(43)26-32/h13-18,26-30,35H,3-12,19-25H2,1-2H3,(H,45,48,50)(H2,44,46,47,49). The number of ether oxygens (including phenoxy) is 2. The maximum atomic E-state index is 14.7. The predicted octanol–water partition coefficient (Wildman–Crippen LogP) is 8.53. The molecule has 3 saturated heterocycles. The summed E-state index contributed by atoms with van der Waals surface area (Å²) in [4.78, 5) is 27.5. The van der Waals surface area contributed by atoms with E-state index in [1.165, 1.54) is 38.9 Å². The highest BCUT2D eigenvalue weighted by Gasteiger charge is 2.36. The number of halogens is 1. The van der Waals surface area contributed by atoms with Gasteiger partial charge in [-0.25, -0.2) is 4.39 Å². The van der Waals surface area contributed by atoms with E-state index in [0.29, 0.717) is 35.5 Å². The second-order valence-electron chi connectivity index (χ2n) is 15.4. The largest absolute Gasteiger partial charge is 0.497 e. The Morgan fingerprint density at radius 3 is 2.02 bits per heavy atom. The summed E-state index contributed by atoms with van der Waals surface area (Å²) in [7, 11) is 3.16. The third kappa shape index (κ3) is 8.92. The molecule has 13 heteroatoms. The van der Waals surface area contributed by atoms with Crippen molar-refractivity contribution in [3.8, 4) is 11.5 Å². The third-order valence-electron chi connectivity index (χ3n) is 11.8. The van der Waals surface area contributed by atoms with Crippen molar-refractivity contribution in [3.63, 3.8) is 0 Å². The molecular weight excluding hydrogens is 696 g/mol. The fourth-order valence-corrected chi connectivity index (χ4v) is 8.81. The molecule has 5 heterocycles. The van der Waals surface area contributed by atoms with Gasteiger partial charge in [0.05, 0.1) is 14.2 Å². The number of methoxy groups -OCH3 is 2. The van der Waals surface area contributed by atoms with Crippen LogP contribution in [-0.2, 0) is 0 Å². The van der Waals surface area contributed by atoms with Crippen LogP contribution in [0, 0.1) is 11.7 Å². The van der Waals surface area contributed by atoms with Crippen LogP contribution in [0.5, 0.6) is 11.5 Å². The Kier molecular flexibility index (Phi) is 11.5. The summed E-state index contributed by atoms with van der Waals surface area (Å²) in [5.74, 6) is 5.93. The first-order valence-corrected chi connectivity index (χ1v) is 20.3. The second-order valence-corrected chi connectivity index (χ2v) is 15.4. The van der Waals surface area contributed by atoms with Gasteiger partial charge < -0.3 is 40.1 Å². The molecule has 1 unspecified atom stereocenters. The van der Waals surface area contributed by atoms with Gasteiger partial charge in [-0.1, -0.05) is 19.3 Å². The van der Waals surface area contributed by atoms with Gasteiger partial charge in [0.1, 0.15) is 29.0 Å². The second kappa shape index (κ2) is 17.2. The summed E-state index contributed by atoms with van der Waals surface area (Å²) in [6.45, 7) is 4.72. The van der Waals surface area contributed by atoms with Gasteiger partial charge in [0.25, 0.3) is 0 Å². The Hall–Kier alpha value is -5.07. The number of aromatic nitrogens is 4. The Labute approximate surface area is 324 Å². The number of benzene rings is 2. The highest BCUT2D eigenvalue weighted by molar-refractivity contribution is 5.64. The molecular formula is C42H55FN10O2. The minimum absolute atomic E-state index is 0.218. The van der Waals surface area contributed by atoms with Crippen molar-refractivity contribution in [2.75, 3.05) is 77.6 Å². The molecule has 2 aromatic carbocycles. The van der Waals surface area contributed by atoms with Crippen LogP contribution in [-0.4, -0.2) is 79.0 Å². The van der Waals surface area contributed by atoms with Crippen molar-refractivity contribution in [3.05, 3.63) is 60.4 Å². The smallest absolute Gasteiger partial charge is 0.229 e. The maximum absolute atomic E-state index is 14.7. The van der Waals surface area contributed by atoms with Crippen LogP contribution in [0.1, 0.15) is 77.0 Å². The van der Waals surface area contributed by atoms with E-state index in [9.17, 15) is 4.39 Å². The van der Waals surface area contributed by atoms with Crippen LogP contribution in [0.25, 0.3) is 0 Å². The van der Waals surface area contributed by atoms with E-state index in [-0.39, 0.29) is 5.75 Å². The molecule has 0 spiro atoms. The third-order valence-corrected chi connectivity index (χ3v) is 11.8. The number of hydrogen-bond acceptors (Lipinski definition) is 12. The minimum atomic E-state index is -0.410. The zero-order valence-corrected chi connectivity index (χ0v) is 32.3. The molecule has 1 aliphatic carbocycles. The highest BCUT2D eigenvalue weighted by Crippen LogP contribution is 2.37. The van der Waals surface area contributed by atoms with Crippen molar-refractivity contribution in [2.45, 2.75) is 89.1 Å². The number of rotatable bonds is 12. The fraction of sp³-hybridized carbons (Fsp3) is 0.524. The maximum Gasteiger partial charge on any atom is 0.229 e. The fourth-order valence-electron chi connectivity index (χ4n) is 8.81. The van der Waals surface area contributed by atoms with E-state index in [2.05, 4.69) is 36.7 Å². The lowest BCUT2D eigenvalue weighted by molar-refractivity contribution is 0.337. The van der Waals surface area contributed by atoms with Crippen molar-refractivity contribution in [1.29, 1.82) is 0 Å². The number of nitrogens with zero attached hydrogens (tertiary/aromatic N) is 7.